The number of aromatic amines is 1. The Morgan fingerprint density at radius 1 is 1.18 bits per heavy atom. The zero-order chi connectivity index (χ0) is 19.8. The average molecular weight is 416 g/mol. The van der Waals surface area contributed by atoms with Crippen LogP contribution in [0.5, 0.6) is 0 Å². The van der Waals surface area contributed by atoms with Crippen molar-refractivity contribution < 1.29 is 9.59 Å². The molecular weight excluding hydrogens is 398 g/mol. The van der Waals surface area contributed by atoms with Gasteiger partial charge < -0.3 is 10.6 Å². The Hall–Kier alpha value is -3.05. The van der Waals surface area contributed by atoms with E-state index in [-0.39, 0.29) is 24.7 Å². The molecule has 0 aliphatic heterocycles. The number of hydrogen-bond donors (Lipinski definition) is 3. The zero-order valence-corrected chi connectivity index (χ0v) is 16.3. The van der Waals surface area contributed by atoms with Crippen molar-refractivity contribution in [3.8, 4) is 11.3 Å². The molecule has 2 amide bonds. The van der Waals surface area contributed by atoms with Gasteiger partial charge in [0, 0.05) is 42.6 Å². The van der Waals surface area contributed by atoms with Gasteiger partial charge in [-0.2, -0.15) is 5.10 Å². The van der Waals surface area contributed by atoms with E-state index >= 15 is 0 Å². The van der Waals surface area contributed by atoms with Crippen molar-refractivity contribution in [1.29, 1.82) is 0 Å². The molecule has 3 aromatic rings. The molecule has 3 heterocycles. The molecule has 0 aromatic carbocycles. The fraction of sp³-hybridized carbons (Fsp3) is 0.176. The number of aromatic nitrogens is 5. The predicted molar refractivity (Wildman–Crippen MR) is 109 cm³/mol. The van der Waals surface area contributed by atoms with Crippen LogP contribution >= 0.6 is 23.1 Å². The lowest BCUT2D eigenvalue weighted by molar-refractivity contribution is -0.121. The quantitative estimate of drug-likeness (QED) is 0.279. The smallest absolute Gasteiger partial charge is 0.226 e. The van der Waals surface area contributed by atoms with E-state index in [1.807, 2.05) is 12.1 Å². The van der Waals surface area contributed by atoms with Crippen molar-refractivity contribution in [2.75, 3.05) is 16.4 Å². The molecule has 3 aromatic heterocycles. The topological polar surface area (TPSA) is 126 Å². The summed E-state index contributed by atoms with van der Waals surface area (Å²) in [6.45, 7) is 3.64. The fourth-order valence-electron chi connectivity index (χ4n) is 2.13. The highest BCUT2D eigenvalue weighted by Gasteiger charge is 2.12. The van der Waals surface area contributed by atoms with E-state index in [9.17, 15) is 9.59 Å². The third-order valence-corrected chi connectivity index (χ3v) is 5.36. The van der Waals surface area contributed by atoms with E-state index in [0.29, 0.717) is 10.9 Å². The van der Waals surface area contributed by atoms with Gasteiger partial charge in [-0.25, -0.2) is 0 Å². The highest BCUT2D eigenvalue weighted by molar-refractivity contribution is 8.01. The molecule has 0 bridgehead atoms. The summed E-state index contributed by atoms with van der Waals surface area (Å²) >= 11 is 2.77. The number of nitrogens with zero attached hydrogens (tertiary/aromatic N) is 4. The van der Waals surface area contributed by atoms with Gasteiger partial charge in [0.2, 0.25) is 16.9 Å². The van der Waals surface area contributed by atoms with Crippen LogP contribution in [0.3, 0.4) is 0 Å². The van der Waals surface area contributed by atoms with Crippen LogP contribution in [0.25, 0.3) is 11.3 Å². The van der Waals surface area contributed by atoms with E-state index in [1.54, 1.807) is 24.5 Å². The molecule has 0 aliphatic rings. The third-order valence-electron chi connectivity index (χ3n) is 3.39. The van der Waals surface area contributed by atoms with Gasteiger partial charge in [-0.15, -0.1) is 16.8 Å². The van der Waals surface area contributed by atoms with Crippen LogP contribution in [0.1, 0.15) is 12.8 Å². The zero-order valence-electron chi connectivity index (χ0n) is 14.7. The van der Waals surface area contributed by atoms with E-state index in [2.05, 4.69) is 42.6 Å². The van der Waals surface area contributed by atoms with Crippen LogP contribution in [0.4, 0.5) is 10.9 Å². The van der Waals surface area contributed by atoms with Crippen LogP contribution < -0.4 is 10.6 Å². The molecule has 0 unspecified atom stereocenters. The predicted octanol–water partition coefficient (Wildman–Crippen LogP) is 2.96. The minimum Gasteiger partial charge on any atom is -0.309 e. The highest BCUT2D eigenvalue weighted by Crippen LogP contribution is 2.25. The Morgan fingerprint density at radius 2 is 1.93 bits per heavy atom. The second-order valence-electron chi connectivity index (χ2n) is 5.47. The molecule has 3 N–H and O–H groups in total. The minimum atomic E-state index is -0.303. The van der Waals surface area contributed by atoms with Crippen LogP contribution in [-0.2, 0) is 9.59 Å². The Morgan fingerprint density at radius 3 is 2.68 bits per heavy atom. The second kappa shape index (κ2) is 9.76. The van der Waals surface area contributed by atoms with Crippen LogP contribution in [-0.4, -0.2) is 42.9 Å². The standard InChI is InChI=1S/C17H17N7O2S2/c1-2-9-27-17-24-23-16(28-17)20-15(26)4-3-14(25)19-13-10-12(21-22-13)11-5-7-18-8-6-11/h2,5-8,10H,1,3-4,9H2,(H,20,23,26)(H2,19,21,22,25). The largest absolute Gasteiger partial charge is 0.309 e. The first-order chi connectivity index (χ1) is 13.6. The lowest BCUT2D eigenvalue weighted by Gasteiger charge is -2.02. The first-order valence-electron chi connectivity index (χ1n) is 8.27. The molecule has 0 aliphatic carbocycles. The molecule has 11 heteroatoms. The lowest BCUT2D eigenvalue weighted by Crippen LogP contribution is -2.17. The van der Waals surface area contributed by atoms with Gasteiger partial charge in [0.15, 0.2) is 10.2 Å². The maximum Gasteiger partial charge on any atom is 0.226 e. The Labute approximate surface area is 169 Å². The number of amides is 2. The molecule has 0 fully saturated rings. The van der Waals surface area contributed by atoms with Gasteiger partial charge in [-0.1, -0.05) is 29.2 Å². The van der Waals surface area contributed by atoms with E-state index in [0.717, 1.165) is 21.3 Å². The number of carbonyl (C=O) groups excluding carboxylic acids is 2. The summed E-state index contributed by atoms with van der Waals surface area (Å²) in [6, 6.07) is 5.38. The van der Waals surface area contributed by atoms with E-state index in [1.165, 1.54) is 23.1 Å². The molecule has 0 spiro atoms. The number of H-pyrrole nitrogens is 1. The van der Waals surface area contributed by atoms with Crippen molar-refractivity contribution in [2.24, 2.45) is 0 Å². The van der Waals surface area contributed by atoms with Crippen molar-refractivity contribution in [3.05, 3.63) is 43.2 Å². The van der Waals surface area contributed by atoms with Gasteiger partial charge >= 0.3 is 0 Å². The molecule has 0 atom stereocenters. The molecule has 0 radical (unpaired) electrons. The van der Waals surface area contributed by atoms with Gasteiger partial charge in [0.1, 0.15) is 0 Å². The fourth-order valence-corrected chi connectivity index (χ4v) is 3.66. The number of thioether (sulfide) groups is 1. The normalized spacial score (nSPS) is 10.4. The SMILES string of the molecule is C=CCSc1nnc(NC(=O)CCC(=O)Nc2cc(-c3ccncc3)[nH]n2)s1. The Kier molecular flexibility index (Phi) is 6.87. The number of nitrogens with one attached hydrogen (secondary N) is 3. The molecule has 28 heavy (non-hydrogen) atoms. The first kappa shape index (κ1) is 19.7. The number of hydrogen-bond acceptors (Lipinski definition) is 8. The summed E-state index contributed by atoms with van der Waals surface area (Å²) < 4.78 is 0.747. The second-order valence-corrected chi connectivity index (χ2v) is 7.72. The van der Waals surface area contributed by atoms with Crippen molar-refractivity contribution >= 4 is 45.9 Å². The molecular formula is C17H17N7O2S2. The maximum atomic E-state index is 12.0. The van der Waals surface area contributed by atoms with Gasteiger partial charge in [-0.05, 0) is 12.1 Å². The summed E-state index contributed by atoms with van der Waals surface area (Å²) in [7, 11) is 0. The van der Waals surface area contributed by atoms with Gasteiger partial charge in [0.05, 0.1) is 5.69 Å². The van der Waals surface area contributed by atoms with Crippen LogP contribution in [0, 0.1) is 0 Å². The van der Waals surface area contributed by atoms with Crippen LogP contribution in [0.15, 0.2) is 47.6 Å². The minimum absolute atomic E-state index is 0.0279. The van der Waals surface area contributed by atoms with Crippen molar-refractivity contribution in [2.45, 2.75) is 17.2 Å². The van der Waals surface area contributed by atoms with Crippen molar-refractivity contribution in [3.63, 3.8) is 0 Å². The Balaban J connectivity index is 1.44. The van der Waals surface area contributed by atoms with E-state index < -0.39 is 0 Å². The highest BCUT2D eigenvalue weighted by atomic mass is 32.2. The van der Waals surface area contributed by atoms with Gasteiger partial charge in [0.25, 0.3) is 0 Å². The average Bonchev–Trinajstić information content (AvgIpc) is 3.35. The number of pyridine rings is 1. The first-order valence-corrected chi connectivity index (χ1v) is 10.1. The number of anilines is 2. The van der Waals surface area contributed by atoms with Crippen LogP contribution in [0.2, 0.25) is 0 Å². The molecule has 3 rings (SSSR count). The molecule has 9 nitrogen and oxygen atoms in total. The summed E-state index contributed by atoms with van der Waals surface area (Å²) in [4.78, 5) is 28.0. The lowest BCUT2D eigenvalue weighted by atomic mass is 10.2. The third kappa shape index (κ3) is 5.72. The molecule has 144 valence electrons. The monoisotopic (exact) mass is 415 g/mol. The number of rotatable bonds is 9. The Bertz CT molecular complexity index is 955. The molecule has 0 saturated heterocycles. The summed E-state index contributed by atoms with van der Waals surface area (Å²) in [5.74, 6) is 0.512. The maximum absolute atomic E-state index is 12.0. The summed E-state index contributed by atoms with van der Waals surface area (Å²) in [6.07, 6.45) is 5.17. The van der Waals surface area contributed by atoms with Gasteiger partial charge in [-0.3, -0.25) is 19.7 Å². The molecule has 0 saturated carbocycles. The number of carbonyl (C=O) groups is 2. The van der Waals surface area contributed by atoms with Crippen molar-refractivity contribution in [1.82, 2.24) is 25.4 Å². The summed E-state index contributed by atoms with van der Waals surface area (Å²) in [5.41, 5.74) is 1.67. The summed E-state index contributed by atoms with van der Waals surface area (Å²) in [5, 5.41) is 20.5. The van der Waals surface area contributed by atoms with E-state index in [4.69, 9.17) is 0 Å².